The van der Waals surface area contributed by atoms with Gasteiger partial charge in [-0.15, -0.1) is 0 Å². The van der Waals surface area contributed by atoms with Gasteiger partial charge in [0.05, 0.1) is 16.5 Å². The predicted molar refractivity (Wildman–Crippen MR) is 105 cm³/mol. The number of rotatable bonds is 4. The Morgan fingerprint density at radius 1 is 1.07 bits per heavy atom. The quantitative estimate of drug-likeness (QED) is 0.556. The minimum atomic E-state index is -0.721. The molecule has 1 aliphatic rings. The van der Waals surface area contributed by atoms with Crippen molar-refractivity contribution in [3.63, 3.8) is 0 Å². The second kappa shape index (κ2) is 7.51. The number of nitro benzene ring substituents is 1. The maximum Gasteiger partial charge on any atom is 0.319 e. The third kappa shape index (κ3) is 3.85. The fraction of sp³-hybridized carbons (Fsp3) is 0.200. The molecule has 144 valence electrons. The number of non-ortho nitro benzene ring substituents is 1. The van der Waals surface area contributed by atoms with Gasteiger partial charge in [-0.05, 0) is 61.7 Å². The van der Waals surface area contributed by atoms with Crippen molar-refractivity contribution in [2.75, 3.05) is 5.32 Å². The SMILES string of the molecule is CC1=C(C(=O)Nc2ccc(C)c(C)c2)C(c2ccc([N+](=O)[O-])cc2)NC(=O)N1. The number of anilines is 1. The number of hydrogen-bond acceptors (Lipinski definition) is 4. The Kier molecular flexibility index (Phi) is 5.12. The van der Waals surface area contributed by atoms with Crippen LogP contribution in [-0.2, 0) is 4.79 Å². The highest BCUT2D eigenvalue weighted by molar-refractivity contribution is 6.06. The molecule has 1 aliphatic heterocycles. The van der Waals surface area contributed by atoms with Crippen LogP contribution >= 0.6 is 0 Å². The largest absolute Gasteiger partial charge is 0.327 e. The highest BCUT2D eigenvalue weighted by atomic mass is 16.6. The van der Waals surface area contributed by atoms with Crippen molar-refractivity contribution in [2.45, 2.75) is 26.8 Å². The highest BCUT2D eigenvalue weighted by Crippen LogP contribution is 2.29. The molecule has 1 unspecified atom stereocenters. The number of nitrogens with one attached hydrogen (secondary N) is 3. The van der Waals surface area contributed by atoms with Crippen molar-refractivity contribution in [3.05, 3.63) is 80.5 Å². The number of allylic oxidation sites excluding steroid dienone is 1. The number of benzene rings is 2. The molecule has 8 heteroatoms. The number of urea groups is 1. The molecule has 0 spiro atoms. The van der Waals surface area contributed by atoms with Crippen molar-refractivity contribution < 1.29 is 14.5 Å². The Labute approximate surface area is 161 Å². The third-order valence-electron chi connectivity index (χ3n) is 4.72. The first-order valence-electron chi connectivity index (χ1n) is 8.67. The summed E-state index contributed by atoms with van der Waals surface area (Å²) in [6.45, 7) is 5.59. The van der Waals surface area contributed by atoms with Crippen molar-refractivity contribution >= 4 is 23.3 Å². The topological polar surface area (TPSA) is 113 Å². The summed E-state index contributed by atoms with van der Waals surface area (Å²) in [5.41, 5.74) is 4.08. The van der Waals surface area contributed by atoms with Crippen LogP contribution in [0.4, 0.5) is 16.2 Å². The summed E-state index contributed by atoms with van der Waals surface area (Å²) in [6.07, 6.45) is 0. The average molecular weight is 380 g/mol. The van der Waals surface area contributed by atoms with Crippen molar-refractivity contribution in [3.8, 4) is 0 Å². The molecule has 0 saturated heterocycles. The monoisotopic (exact) mass is 380 g/mol. The van der Waals surface area contributed by atoms with Crippen LogP contribution in [0, 0.1) is 24.0 Å². The standard InChI is InChI=1S/C20H20N4O4/c1-11-4-7-15(10-12(11)2)22-19(25)17-13(3)21-20(26)23-18(17)14-5-8-16(9-6-14)24(27)28/h4-10,18H,1-3H3,(H,22,25)(H2,21,23,26). The fourth-order valence-electron chi connectivity index (χ4n) is 3.05. The van der Waals surface area contributed by atoms with E-state index in [9.17, 15) is 19.7 Å². The van der Waals surface area contributed by atoms with E-state index in [2.05, 4.69) is 16.0 Å². The second-order valence-electron chi connectivity index (χ2n) is 6.67. The number of nitrogens with zero attached hydrogens (tertiary/aromatic N) is 1. The average Bonchev–Trinajstić information content (AvgIpc) is 2.64. The van der Waals surface area contributed by atoms with Gasteiger partial charge in [0.15, 0.2) is 0 Å². The lowest BCUT2D eigenvalue weighted by atomic mass is 9.94. The summed E-state index contributed by atoms with van der Waals surface area (Å²) >= 11 is 0. The van der Waals surface area contributed by atoms with Crippen LogP contribution in [0.3, 0.4) is 0 Å². The van der Waals surface area contributed by atoms with Gasteiger partial charge < -0.3 is 16.0 Å². The Balaban J connectivity index is 1.93. The van der Waals surface area contributed by atoms with Crippen molar-refractivity contribution in [2.24, 2.45) is 0 Å². The highest BCUT2D eigenvalue weighted by Gasteiger charge is 2.31. The molecule has 0 bridgehead atoms. The first kappa shape index (κ1) is 19.1. The smallest absolute Gasteiger partial charge is 0.319 e. The van der Waals surface area contributed by atoms with E-state index in [1.807, 2.05) is 32.0 Å². The van der Waals surface area contributed by atoms with E-state index < -0.39 is 17.0 Å². The molecule has 3 rings (SSSR count). The molecule has 2 aromatic carbocycles. The van der Waals surface area contributed by atoms with Gasteiger partial charge in [-0.3, -0.25) is 14.9 Å². The zero-order valence-electron chi connectivity index (χ0n) is 15.7. The number of carbonyl (C=O) groups is 2. The summed E-state index contributed by atoms with van der Waals surface area (Å²) in [5, 5.41) is 19.0. The molecule has 0 fully saturated rings. The van der Waals surface area contributed by atoms with Gasteiger partial charge in [0.25, 0.3) is 11.6 Å². The predicted octanol–water partition coefficient (Wildman–Crippen LogP) is 3.48. The zero-order chi connectivity index (χ0) is 20.4. The first-order chi connectivity index (χ1) is 13.3. The molecular formula is C20H20N4O4. The Morgan fingerprint density at radius 2 is 1.75 bits per heavy atom. The number of carbonyl (C=O) groups excluding carboxylic acids is 2. The molecular weight excluding hydrogens is 360 g/mol. The minimum Gasteiger partial charge on any atom is -0.327 e. The molecule has 3 N–H and O–H groups in total. The van der Waals surface area contributed by atoms with E-state index in [-0.39, 0.29) is 11.6 Å². The third-order valence-corrected chi connectivity index (χ3v) is 4.72. The van der Waals surface area contributed by atoms with Crippen LogP contribution in [0.25, 0.3) is 0 Å². The van der Waals surface area contributed by atoms with E-state index in [1.165, 1.54) is 24.3 Å². The van der Waals surface area contributed by atoms with E-state index >= 15 is 0 Å². The van der Waals surface area contributed by atoms with Crippen LogP contribution in [-0.4, -0.2) is 16.9 Å². The molecule has 1 atom stereocenters. The Bertz CT molecular complexity index is 996. The van der Waals surface area contributed by atoms with Crippen molar-refractivity contribution in [1.82, 2.24) is 10.6 Å². The van der Waals surface area contributed by atoms with Gasteiger partial charge in [-0.2, -0.15) is 0 Å². The molecule has 0 aliphatic carbocycles. The van der Waals surface area contributed by atoms with Crippen LogP contribution in [0.1, 0.15) is 29.7 Å². The van der Waals surface area contributed by atoms with Crippen LogP contribution in [0.5, 0.6) is 0 Å². The van der Waals surface area contributed by atoms with Crippen LogP contribution in [0.2, 0.25) is 0 Å². The van der Waals surface area contributed by atoms with Gasteiger partial charge in [0.2, 0.25) is 0 Å². The van der Waals surface area contributed by atoms with Gasteiger partial charge in [-0.25, -0.2) is 4.79 Å². The molecule has 8 nitrogen and oxygen atoms in total. The summed E-state index contributed by atoms with van der Waals surface area (Å²) < 4.78 is 0. The maximum absolute atomic E-state index is 13.0. The van der Waals surface area contributed by atoms with E-state index in [0.717, 1.165) is 11.1 Å². The first-order valence-corrected chi connectivity index (χ1v) is 8.67. The van der Waals surface area contributed by atoms with E-state index in [4.69, 9.17) is 0 Å². The minimum absolute atomic E-state index is 0.0640. The van der Waals surface area contributed by atoms with E-state index in [1.54, 1.807) is 6.92 Å². The summed E-state index contributed by atoms with van der Waals surface area (Å²) in [6, 6.07) is 10.2. The lowest BCUT2D eigenvalue weighted by molar-refractivity contribution is -0.384. The Morgan fingerprint density at radius 3 is 2.36 bits per heavy atom. The second-order valence-corrected chi connectivity index (χ2v) is 6.67. The molecule has 0 saturated carbocycles. The number of aryl methyl sites for hydroxylation is 2. The van der Waals surface area contributed by atoms with Gasteiger partial charge in [0, 0.05) is 23.5 Å². The molecule has 0 aromatic heterocycles. The van der Waals surface area contributed by atoms with Crippen molar-refractivity contribution in [1.29, 1.82) is 0 Å². The fourth-order valence-corrected chi connectivity index (χ4v) is 3.05. The number of amides is 3. The summed E-state index contributed by atoms with van der Waals surface area (Å²) in [4.78, 5) is 35.3. The van der Waals surface area contributed by atoms with Gasteiger partial charge >= 0.3 is 6.03 Å². The molecule has 2 aromatic rings. The van der Waals surface area contributed by atoms with Gasteiger partial charge in [0.1, 0.15) is 0 Å². The number of hydrogen-bond donors (Lipinski definition) is 3. The zero-order valence-corrected chi connectivity index (χ0v) is 15.7. The molecule has 3 amide bonds. The molecule has 0 radical (unpaired) electrons. The van der Waals surface area contributed by atoms with Crippen LogP contribution < -0.4 is 16.0 Å². The van der Waals surface area contributed by atoms with E-state index in [0.29, 0.717) is 22.5 Å². The Hall–Kier alpha value is -3.68. The maximum atomic E-state index is 13.0. The normalized spacial score (nSPS) is 16.2. The van der Waals surface area contributed by atoms with Crippen LogP contribution in [0.15, 0.2) is 53.7 Å². The molecule has 28 heavy (non-hydrogen) atoms. The lowest BCUT2D eigenvalue weighted by Crippen LogP contribution is -2.45. The molecule has 1 heterocycles. The lowest BCUT2D eigenvalue weighted by Gasteiger charge is -2.28. The summed E-state index contributed by atoms with van der Waals surface area (Å²) in [5.74, 6) is -0.364. The van der Waals surface area contributed by atoms with Gasteiger partial charge in [-0.1, -0.05) is 6.07 Å². The number of nitro groups is 1. The summed E-state index contributed by atoms with van der Waals surface area (Å²) in [7, 11) is 0.